The van der Waals surface area contributed by atoms with Crippen LogP contribution in [0.1, 0.15) is 42.9 Å². The zero-order valence-corrected chi connectivity index (χ0v) is 10.2. The first kappa shape index (κ1) is 11.4. The molecule has 1 aliphatic heterocycles. The fourth-order valence-electron chi connectivity index (χ4n) is 2.42. The van der Waals surface area contributed by atoms with Gasteiger partial charge in [-0.1, -0.05) is 0 Å². The van der Waals surface area contributed by atoms with Crippen molar-refractivity contribution in [1.82, 2.24) is 4.90 Å². The number of nitrogens with zero attached hydrogens (tertiary/aromatic N) is 1. The summed E-state index contributed by atoms with van der Waals surface area (Å²) in [6, 6.07) is 2.46. The van der Waals surface area contributed by atoms with Crippen LogP contribution in [-0.2, 0) is 4.79 Å². The van der Waals surface area contributed by atoms with Crippen molar-refractivity contribution < 1.29 is 9.21 Å². The monoisotopic (exact) mass is 221 g/mol. The quantitative estimate of drug-likeness (QED) is 0.769. The SMILES string of the molecule is Cc1cc(C(C)N2CCC(=O)CC2)c(C)o1. The number of aryl methyl sites for hydroxylation is 2. The van der Waals surface area contributed by atoms with Gasteiger partial charge in [0.05, 0.1) is 0 Å². The standard InChI is InChI=1S/C13H19NO2/c1-9-8-13(11(3)16-9)10(2)14-6-4-12(15)5-7-14/h8,10H,4-7H2,1-3H3. The van der Waals surface area contributed by atoms with Crippen LogP contribution in [0.5, 0.6) is 0 Å². The summed E-state index contributed by atoms with van der Waals surface area (Å²) in [4.78, 5) is 13.6. The number of piperidine rings is 1. The number of hydrogen-bond donors (Lipinski definition) is 0. The minimum atomic E-state index is 0.352. The van der Waals surface area contributed by atoms with Gasteiger partial charge in [0, 0.05) is 37.5 Å². The van der Waals surface area contributed by atoms with Crippen LogP contribution >= 0.6 is 0 Å². The van der Waals surface area contributed by atoms with Crippen LogP contribution in [-0.4, -0.2) is 23.8 Å². The van der Waals surface area contributed by atoms with Crippen LogP contribution in [0.25, 0.3) is 0 Å². The first-order valence-electron chi connectivity index (χ1n) is 5.90. The first-order valence-corrected chi connectivity index (χ1v) is 5.90. The van der Waals surface area contributed by atoms with Gasteiger partial charge >= 0.3 is 0 Å². The molecule has 0 aromatic carbocycles. The summed E-state index contributed by atoms with van der Waals surface area (Å²) in [5, 5.41) is 0. The minimum absolute atomic E-state index is 0.352. The molecule has 0 saturated carbocycles. The van der Waals surface area contributed by atoms with E-state index in [9.17, 15) is 4.79 Å². The van der Waals surface area contributed by atoms with Gasteiger partial charge in [0.25, 0.3) is 0 Å². The molecule has 1 fully saturated rings. The van der Waals surface area contributed by atoms with Gasteiger partial charge in [-0.3, -0.25) is 9.69 Å². The second-order valence-electron chi connectivity index (χ2n) is 4.62. The van der Waals surface area contributed by atoms with E-state index in [2.05, 4.69) is 17.9 Å². The van der Waals surface area contributed by atoms with Gasteiger partial charge in [-0.05, 0) is 26.8 Å². The molecule has 1 atom stereocenters. The van der Waals surface area contributed by atoms with Crippen LogP contribution < -0.4 is 0 Å². The maximum Gasteiger partial charge on any atom is 0.135 e. The molecule has 88 valence electrons. The van der Waals surface area contributed by atoms with Crippen LogP contribution in [0.2, 0.25) is 0 Å². The van der Waals surface area contributed by atoms with E-state index in [4.69, 9.17) is 4.42 Å². The predicted octanol–water partition coefficient (Wildman–Crippen LogP) is 2.62. The molecule has 16 heavy (non-hydrogen) atoms. The van der Waals surface area contributed by atoms with Crippen LogP contribution in [0.15, 0.2) is 10.5 Å². The summed E-state index contributed by atoms with van der Waals surface area (Å²) in [6.45, 7) is 7.93. The zero-order chi connectivity index (χ0) is 11.7. The Labute approximate surface area is 96.4 Å². The second-order valence-corrected chi connectivity index (χ2v) is 4.62. The number of likely N-dealkylation sites (tertiary alicyclic amines) is 1. The molecule has 0 spiro atoms. The van der Waals surface area contributed by atoms with Gasteiger partial charge in [-0.2, -0.15) is 0 Å². The third-order valence-electron chi connectivity index (χ3n) is 3.43. The van der Waals surface area contributed by atoms with Crippen molar-refractivity contribution >= 4 is 5.78 Å². The molecule has 1 unspecified atom stereocenters. The lowest BCUT2D eigenvalue weighted by Gasteiger charge is -2.31. The van der Waals surface area contributed by atoms with Crippen molar-refractivity contribution in [2.75, 3.05) is 13.1 Å². The molecule has 1 saturated heterocycles. The fraction of sp³-hybridized carbons (Fsp3) is 0.615. The molecule has 1 aliphatic rings. The van der Waals surface area contributed by atoms with Crippen molar-refractivity contribution in [3.63, 3.8) is 0 Å². The third kappa shape index (κ3) is 2.19. The molecule has 2 heterocycles. The van der Waals surface area contributed by atoms with Gasteiger partial charge in [-0.15, -0.1) is 0 Å². The van der Waals surface area contributed by atoms with Gasteiger partial charge in [-0.25, -0.2) is 0 Å². The summed E-state index contributed by atoms with van der Waals surface area (Å²) in [7, 11) is 0. The number of Topliss-reactive ketones (excluding diaryl/α,β-unsaturated/α-hetero) is 1. The molecular weight excluding hydrogens is 202 g/mol. The highest BCUT2D eigenvalue weighted by atomic mass is 16.3. The average molecular weight is 221 g/mol. The lowest BCUT2D eigenvalue weighted by atomic mass is 10.0. The number of carbonyl (C=O) groups excluding carboxylic acids is 1. The number of ketones is 1. The normalized spacial score (nSPS) is 20.1. The van der Waals surface area contributed by atoms with Crippen LogP contribution in [0.4, 0.5) is 0 Å². The summed E-state index contributed by atoms with van der Waals surface area (Å²) in [5.41, 5.74) is 1.26. The predicted molar refractivity (Wildman–Crippen MR) is 62.4 cm³/mol. The molecule has 2 rings (SSSR count). The maximum absolute atomic E-state index is 11.2. The molecule has 0 amide bonds. The Balaban J connectivity index is 2.10. The lowest BCUT2D eigenvalue weighted by molar-refractivity contribution is -0.121. The van der Waals surface area contributed by atoms with E-state index in [0.29, 0.717) is 24.7 Å². The van der Waals surface area contributed by atoms with E-state index >= 15 is 0 Å². The summed E-state index contributed by atoms with van der Waals surface area (Å²) in [6.07, 6.45) is 1.39. The Morgan fingerprint density at radius 3 is 2.44 bits per heavy atom. The van der Waals surface area contributed by atoms with Crippen molar-refractivity contribution in [3.8, 4) is 0 Å². The Hall–Kier alpha value is -1.09. The third-order valence-corrected chi connectivity index (χ3v) is 3.43. The minimum Gasteiger partial charge on any atom is -0.466 e. The molecule has 0 N–H and O–H groups in total. The number of carbonyl (C=O) groups is 1. The van der Waals surface area contributed by atoms with Crippen molar-refractivity contribution in [2.24, 2.45) is 0 Å². The van der Waals surface area contributed by atoms with Gasteiger partial charge in [0.1, 0.15) is 17.3 Å². The van der Waals surface area contributed by atoms with Crippen LogP contribution in [0.3, 0.4) is 0 Å². The number of furan rings is 1. The second kappa shape index (κ2) is 4.42. The first-order chi connectivity index (χ1) is 7.58. The number of rotatable bonds is 2. The highest BCUT2D eigenvalue weighted by Gasteiger charge is 2.23. The molecule has 3 nitrogen and oxygen atoms in total. The molecule has 0 radical (unpaired) electrons. The highest BCUT2D eigenvalue weighted by Crippen LogP contribution is 2.27. The summed E-state index contributed by atoms with van der Waals surface area (Å²) < 4.78 is 5.55. The molecule has 0 bridgehead atoms. The Bertz CT molecular complexity index is 385. The fourth-order valence-corrected chi connectivity index (χ4v) is 2.42. The molecular formula is C13H19NO2. The topological polar surface area (TPSA) is 33.5 Å². The Kier molecular flexibility index (Phi) is 3.15. The van der Waals surface area contributed by atoms with E-state index in [1.54, 1.807) is 0 Å². The highest BCUT2D eigenvalue weighted by molar-refractivity contribution is 5.79. The molecule has 0 aliphatic carbocycles. The van der Waals surface area contributed by atoms with Gasteiger partial charge < -0.3 is 4.42 Å². The smallest absolute Gasteiger partial charge is 0.135 e. The number of hydrogen-bond acceptors (Lipinski definition) is 3. The van der Waals surface area contributed by atoms with E-state index < -0.39 is 0 Å². The van der Waals surface area contributed by atoms with Gasteiger partial charge in [0.15, 0.2) is 0 Å². The average Bonchev–Trinajstić information content (AvgIpc) is 2.58. The Morgan fingerprint density at radius 1 is 1.31 bits per heavy atom. The molecule has 1 aromatic heterocycles. The molecule has 3 heteroatoms. The van der Waals surface area contributed by atoms with Crippen molar-refractivity contribution in [2.45, 2.75) is 39.7 Å². The zero-order valence-electron chi connectivity index (χ0n) is 10.2. The summed E-state index contributed by atoms with van der Waals surface area (Å²) >= 11 is 0. The Morgan fingerprint density at radius 2 is 1.94 bits per heavy atom. The van der Waals surface area contributed by atoms with E-state index in [0.717, 1.165) is 24.6 Å². The summed E-state index contributed by atoms with van der Waals surface area (Å²) in [5.74, 6) is 2.36. The van der Waals surface area contributed by atoms with E-state index in [-0.39, 0.29) is 0 Å². The van der Waals surface area contributed by atoms with E-state index in [1.807, 2.05) is 13.8 Å². The van der Waals surface area contributed by atoms with Crippen LogP contribution in [0, 0.1) is 13.8 Å². The van der Waals surface area contributed by atoms with E-state index in [1.165, 1.54) is 5.56 Å². The lowest BCUT2D eigenvalue weighted by Crippen LogP contribution is -2.35. The largest absolute Gasteiger partial charge is 0.466 e. The van der Waals surface area contributed by atoms with Crippen molar-refractivity contribution in [3.05, 3.63) is 23.2 Å². The van der Waals surface area contributed by atoms with Crippen molar-refractivity contribution in [1.29, 1.82) is 0 Å². The maximum atomic E-state index is 11.2. The molecule has 1 aromatic rings. The van der Waals surface area contributed by atoms with Gasteiger partial charge in [0.2, 0.25) is 0 Å².